The number of hydrogen-bond donors (Lipinski definition) is 1. The first-order valence-electron chi connectivity index (χ1n) is 6.16. The van der Waals surface area contributed by atoms with Crippen LogP contribution in [0.15, 0.2) is 30.6 Å². The minimum Gasteiger partial charge on any atom is -0.383 e. The molecule has 1 N–H and O–H groups in total. The van der Waals surface area contributed by atoms with Crippen molar-refractivity contribution in [1.82, 2.24) is 15.3 Å². The van der Waals surface area contributed by atoms with Crippen LogP contribution in [0.1, 0.15) is 5.56 Å². The van der Waals surface area contributed by atoms with Crippen LogP contribution in [0.4, 0.5) is 0 Å². The Morgan fingerprint density at radius 3 is 2.35 bits per heavy atom. The Morgan fingerprint density at radius 1 is 1.10 bits per heavy atom. The number of hydrogen-bond acceptors (Lipinski definition) is 4. The van der Waals surface area contributed by atoms with Crippen LogP contribution in [0.3, 0.4) is 0 Å². The highest BCUT2D eigenvalue weighted by molar-refractivity contribution is 6.35. The summed E-state index contributed by atoms with van der Waals surface area (Å²) < 4.78 is 4.96. The van der Waals surface area contributed by atoms with Gasteiger partial charge in [-0.3, -0.25) is 0 Å². The normalized spacial score (nSPS) is 10.8. The van der Waals surface area contributed by atoms with Crippen molar-refractivity contribution in [2.24, 2.45) is 0 Å². The van der Waals surface area contributed by atoms with Crippen molar-refractivity contribution < 1.29 is 4.74 Å². The van der Waals surface area contributed by atoms with Crippen molar-refractivity contribution in [3.8, 4) is 11.4 Å². The second kappa shape index (κ2) is 7.55. The number of benzene rings is 1. The zero-order valence-electron chi connectivity index (χ0n) is 11.1. The van der Waals surface area contributed by atoms with Crippen LogP contribution in [-0.4, -0.2) is 30.2 Å². The molecule has 0 unspecified atom stereocenters. The summed E-state index contributed by atoms with van der Waals surface area (Å²) in [6.45, 7) is 2.18. The van der Waals surface area contributed by atoms with E-state index in [1.165, 1.54) is 0 Å². The monoisotopic (exact) mass is 311 g/mol. The molecular weight excluding hydrogens is 297 g/mol. The maximum atomic E-state index is 5.97. The van der Waals surface area contributed by atoms with Crippen LogP contribution in [-0.2, 0) is 11.3 Å². The van der Waals surface area contributed by atoms with E-state index in [1.807, 2.05) is 0 Å². The van der Waals surface area contributed by atoms with E-state index in [0.29, 0.717) is 29.0 Å². The molecule has 0 spiro atoms. The third kappa shape index (κ3) is 4.42. The van der Waals surface area contributed by atoms with Crippen molar-refractivity contribution in [3.63, 3.8) is 0 Å². The molecule has 4 nitrogen and oxygen atoms in total. The highest BCUT2D eigenvalue weighted by atomic mass is 35.5. The molecule has 0 aliphatic rings. The molecule has 0 bridgehead atoms. The molecule has 1 heterocycles. The maximum absolute atomic E-state index is 5.97. The second-order valence-corrected chi connectivity index (χ2v) is 5.12. The summed E-state index contributed by atoms with van der Waals surface area (Å²) in [6, 6.07) is 5.26. The van der Waals surface area contributed by atoms with Crippen molar-refractivity contribution >= 4 is 23.2 Å². The fourth-order valence-corrected chi connectivity index (χ4v) is 2.21. The third-order valence-electron chi connectivity index (χ3n) is 2.64. The molecule has 0 amide bonds. The van der Waals surface area contributed by atoms with Gasteiger partial charge in [-0.15, -0.1) is 0 Å². The first-order valence-corrected chi connectivity index (χ1v) is 6.91. The number of aromatic nitrogens is 2. The summed E-state index contributed by atoms with van der Waals surface area (Å²) in [7, 11) is 1.68. The Morgan fingerprint density at radius 2 is 1.75 bits per heavy atom. The fraction of sp³-hybridized carbons (Fsp3) is 0.286. The molecule has 2 rings (SSSR count). The topological polar surface area (TPSA) is 47.0 Å². The minimum atomic E-state index is 0.571. The summed E-state index contributed by atoms with van der Waals surface area (Å²) in [5.74, 6) is 0.607. The minimum absolute atomic E-state index is 0.571. The van der Waals surface area contributed by atoms with Gasteiger partial charge in [0.15, 0.2) is 5.82 Å². The lowest BCUT2D eigenvalue weighted by Crippen LogP contribution is -2.18. The van der Waals surface area contributed by atoms with Gasteiger partial charge in [-0.05, 0) is 18.2 Å². The molecule has 2 aromatic rings. The zero-order valence-corrected chi connectivity index (χ0v) is 12.6. The summed E-state index contributed by atoms with van der Waals surface area (Å²) in [5.41, 5.74) is 1.82. The van der Waals surface area contributed by atoms with Gasteiger partial charge in [-0.25, -0.2) is 9.97 Å². The fourth-order valence-electron chi connectivity index (χ4n) is 1.69. The molecule has 0 atom stereocenters. The van der Waals surface area contributed by atoms with Gasteiger partial charge in [0.05, 0.1) is 6.61 Å². The van der Waals surface area contributed by atoms with Gasteiger partial charge in [-0.1, -0.05) is 23.2 Å². The first kappa shape index (κ1) is 15.2. The Hall–Kier alpha value is -1.20. The van der Waals surface area contributed by atoms with E-state index in [0.717, 1.165) is 17.7 Å². The summed E-state index contributed by atoms with van der Waals surface area (Å²) >= 11 is 11.9. The van der Waals surface area contributed by atoms with E-state index in [4.69, 9.17) is 27.9 Å². The molecule has 0 aliphatic heterocycles. The van der Waals surface area contributed by atoms with E-state index in [9.17, 15) is 0 Å². The quantitative estimate of drug-likeness (QED) is 0.832. The van der Waals surface area contributed by atoms with Gasteiger partial charge in [0.2, 0.25) is 0 Å². The SMILES string of the molecule is COCCNCc1cnc(-c2cc(Cl)cc(Cl)c2)nc1. The molecular formula is C14H15Cl2N3O. The average molecular weight is 312 g/mol. The van der Waals surface area contributed by atoms with E-state index < -0.39 is 0 Å². The lowest BCUT2D eigenvalue weighted by molar-refractivity contribution is 0.199. The number of nitrogens with zero attached hydrogens (tertiary/aromatic N) is 2. The van der Waals surface area contributed by atoms with Crippen LogP contribution in [0.25, 0.3) is 11.4 Å². The predicted molar refractivity (Wildman–Crippen MR) is 81.1 cm³/mol. The summed E-state index contributed by atoms with van der Waals surface area (Å²) in [6.07, 6.45) is 3.58. The van der Waals surface area contributed by atoms with E-state index >= 15 is 0 Å². The number of nitrogens with one attached hydrogen (secondary N) is 1. The van der Waals surface area contributed by atoms with Crippen LogP contribution in [0.5, 0.6) is 0 Å². The Kier molecular flexibility index (Phi) is 5.73. The standard InChI is InChI=1S/C14H15Cl2N3O/c1-20-3-2-17-7-10-8-18-14(19-9-10)11-4-12(15)6-13(16)5-11/h4-6,8-9,17H,2-3,7H2,1H3. The smallest absolute Gasteiger partial charge is 0.159 e. The Balaban J connectivity index is 2.04. The highest BCUT2D eigenvalue weighted by Gasteiger charge is 2.04. The van der Waals surface area contributed by atoms with Crippen molar-refractivity contribution in [3.05, 3.63) is 46.2 Å². The van der Waals surface area contributed by atoms with Crippen LogP contribution in [0, 0.1) is 0 Å². The number of methoxy groups -OCH3 is 1. The molecule has 6 heteroatoms. The molecule has 20 heavy (non-hydrogen) atoms. The van der Waals surface area contributed by atoms with Crippen LogP contribution in [0.2, 0.25) is 10.0 Å². The highest BCUT2D eigenvalue weighted by Crippen LogP contribution is 2.24. The van der Waals surface area contributed by atoms with Crippen molar-refractivity contribution in [2.75, 3.05) is 20.3 Å². The Bertz CT molecular complexity index is 541. The summed E-state index contributed by atoms with van der Waals surface area (Å²) in [5, 5.41) is 4.37. The van der Waals surface area contributed by atoms with Crippen LogP contribution < -0.4 is 5.32 Å². The molecule has 0 saturated carbocycles. The van der Waals surface area contributed by atoms with Gasteiger partial charge < -0.3 is 10.1 Å². The van der Waals surface area contributed by atoms with E-state index in [1.54, 1.807) is 37.7 Å². The largest absolute Gasteiger partial charge is 0.383 e. The number of halogens is 2. The zero-order chi connectivity index (χ0) is 14.4. The number of ether oxygens (including phenoxy) is 1. The van der Waals surface area contributed by atoms with Crippen molar-refractivity contribution in [1.29, 1.82) is 0 Å². The summed E-state index contributed by atoms with van der Waals surface area (Å²) in [4.78, 5) is 8.66. The van der Waals surface area contributed by atoms with Gasteiger partial charge >= 0.3 is 0 Å². The molecule has 106 valence electrons. The predicted octanol–water partition coefficient (Wildman–Crippen LogP) is 3.19. The molecule has 0 radical (unpaired) electrons. The van der Waals surface area contributed by atoms with Gasteiger partial charge in [-0.2, -0.15) is 0 Å². The lowest BCUT2D eigenvalue weighted by atomic mass is 10.2. The van der Waals surface area contributed by atoms with Crippen molar-refractivity contribution in [2.45, 2.75) is 6.54 Å². The maximum Gasteiger partial charge on any atom is 0.159 e. The van der Waals surface area contributed by atoms with Gasteiger partial charge in [0.1, 0.15) is 0 Å². The molecule has 0 aliphatic carbocycles. The molecule has 0 fully saturated rings. The van der Waals surface area contributed by atoms with Gasteiger partial charge in [0.25, 0.3) is 0 Å². The average Bonchev–Trinajstić information content (AvgIpc) is 2.43. The van der Waals surface area contributed by atoms with Crippen LogP contribution >= 0.6 is 23.2 Å². The first-order chi connectivity index (χ1) is 9.69. The molecule has 1 aromatic carbocycles. The van der Waals surface area contributed by atoms with E-state index in [2.05, 4.69) is 15.3 Å². The third-order valence-corrected chi connectivity index (χ3v) is 3.07. The molecule has 0 saturated heterocycles. The lowest BCUT2D eigenvalue weighted by Gasteiger charge is -2.05. The van der Waals surface area contributed by atoms with E-state index in [-0.39, 0.29) is 0 Å². The number of rotatable bonds is 6. The second-order valence-electron chi connectivity index (χ2n) is 4.24. The Labute approximate surface area is 128 Å². The van der Waals surface area contributed by atoms with Gasteiger partial charge in [0, 0.05) is 53.8 Å². The molecule has 1 aromatic heterocycles.